The first kappa shape index (κ1) is 22.1. The van der Waals surface area contributed by atoms with Gasteiger partial charge < -0.3 is 24.8 Å². The van der Waals surface area contributed by atoms with Crippen molar-refractivity contribution in [2.24, 2.45) is 0 Å². The molecule has 0 bridgehead atoms. The predicted molar refractivity (Wildman–Crippen MR) is 109 cm³/mol. The molecule has 2 aromatic carbocycles. The van der Waals surface area contributed by atoms with E-state index in [1.807, 2.05) is 0 Å². The third kappa shape index (κ3) is 4.93. The van der Waals surface area contributed by atoms with Gasteiger partial charge in [0.05, 0.1) is 39.7 Å². The maximum absolute atomic E-state index is 13.6. The molecule has 9 heteroatoms. The lowest BCUT2D eigenvalue weighted by atomic mass is 9.89. The Hall–Kier alpha value is -3.62. The van der Waals surface area contributed by atoms with E-state index in [2.05, 4.69) is 10.6 Å². The molecule has 0 saturated carbocycles. The summed E-state index contributed by atoms with van der Waals surface area (Å²) in [6.45, 7) is 0. The highest BCUT2D eigenvalue weighted by Gasteiger charge is 2.33. The van der Waals surface area contributed by atoms with Crippen molar-refractivity contribution >= 4 is 23.5 Å². The lowest BCUT2D eigenvalue weighted by Crippen LogP contribution is -2.38. The normalized spacial score (nSPS) is 15.9. The van der Waals surface area contributed by atoms with Crippen LogP contribution in [0.25, 0.3) is 0 Å². The number of hydrogen-bond donors (Lipinski definition) is 2. The maximum atomic E-state index is 13.6. The molecule has 0 aromatic heterocycles. The second-order valence-corrected chi connectivity index (χ2v) is 6.99. The zero-order valence-corrected chi connectivity index (χ0v) is 17.4. The van der Waals surface area contributed by atoms with E-state index in [0.29, 0.717) is 22.6 Å². The van der Waals surface area contributed by atoms with Crippen LogP contribution >= 0.6 is 0 Å². The summed E-state index contributed by atoms with van der Waals surface area (Å²) in [6.07, 6.45) is -0.228. The summed E-state index contributed by atoms with van der Waals surface area (Å²) in [7, 11) is 4.23. The zero-order chi connectivity index (χ0) is 22.5. The van der Waals surface area contributed by atoms with Gasteiger partial charge in [0.15, 0.2) is 11.5 Å². The van der Waals surface area contributed by atoms with E-state index in [9.17, 15) is 18.8 Å². The predicted octanol–water partition coefficient (Wildman–Crippen LogP) is 2.69. The fourth-order valence-corrected chi connectivity index (χ4v) is 3.52. The second-order valence-electron chi connectivity index (χ2n) is 6.99. The molecule has 1 heterocycles. The first-order chi connectivity index (χ1) is 14.9. The summed E-state index contributed by atoms with van der Waals surface area (Å²) in [4.78, 5) is 37.2. The Morgan fingerprint density at radius 3 is 2.55 bits per heavy atom. The van der Waals surface area contributed by atoms with Gasteiger partial charge in [-0.2, -0.15) is 0 Å². The average Bonchev–Trinajstić information content (AvgIpc) is 2.76. The Bertz CT molecular complexity index is 1010. The van der Waals surface area contributed by atoms with Crippen molar-refractivity contribution in [3.63, 3.8) is 0 Å². The van der Waals surface area contributed by atoms with Gasteiger partial charge in [-0.3, -0.25) is 14.4 Å². The van der Waals surface area contributed by atoms with Gasteiger partial charge in [-0.15, -0.1) is 0 Å². The minimum absolute atomic E-state index is 0.0959. The Balaban J connectivity index is 1.91. The smallest absolute Gasteiger partial charge is 0.307 e. The first-order valence-corrected chi connectivity index (χ1v) is 9.54. The van der Waals surface area contributed by atoms with E-state index < -0.39 is 35.6 Å². The number of anilines is 1. The number of nitrogens with one attached hydrogen (secondary N) is 2. The molecule has 2 aromatic rings. The van der Waals surface area contributed by atoms with Crippen LogP contribution in [0.5, 0.6) is 11.5 Å². The third-order valence-corrected chi connectivity index (χ3v) is 5.10. The Kier molecular flexibility index (Phi) is 6.74. The van der Waals surface area contributed by atoms with Crippen LogP contribution in [0.1, 0.15) is 35.9 Å². The van der Waals surface area contributed by atoms with Crippen molar-refractivity contribution in [1.29, 1.82) is 0 Å². The van der Waals surface area contributed by atoms with Gasteiger partial charge in [0.2, 0.25) is 11.8 Å². The van der Waals surface area contributed by atoms with Crippen LogP contribution < -0.4 is 20.1 Å². The van der Waals surface area contributed by atoms with Crippen molar-refractivity contribution in [2.75, 3.05) is 26.6 Å². The largest absolute Gasteiger partial charge is 0.493 e. The van der Waals surface area contributed by atoms with E-state index in [0.717, 1.165) is 0 Å². The number of methoxy groups -OCH3 is 3. The number of hydrogen-bond acceptors (Lipinski definition) is 6. The van der Waals surface area contributed by atoms with Gasteiger partial charge in [-0.05, 0) is 35.4 Å². The quantitative estimate of drug-likeness (QED) is 0.655. The second kappa shape index (κ2) is 9.46. The van der Waals surface area contributed by atoms with Crippen LogP contribution in [0.4, 0.5) is 10.1 Å². The fourth-order valence-electron chi connectivity index (χ4n) is 3.52. The summed E-state index contributed by atoms with van der Waals surface area (Å²) in [6, 6.07) is 8.16. The molecule has 2 atom stereocenters. The molecule has 0 fully saturated rings. The van der Waals surface area contributed by atoms with Crippen LogP contribution in [0.15, 0.2) is 36.4 Å². The van der Waals surface area contributed by atoms with Crippen molar-refractivity contribution < 1.29 is 33.0 Å². The first-order valence-electron chi connectivity index (χ1n) is 9.54. The highest BCUT2D eigenvalue weighted by atomic mass is 19.1. The van der Waals surface area contributed by atoms with Crippen LogP contribution in [0.3, 0.4) is 0 Å². The Morgan fingerprint density at radius 2 is 1.87 bits per heavy atom. The van der Waals surface area contributed by atoms with Crippen molar-refractivity contribution in [1.82, 2.24) is 5.32 Å². The van der Waals surface area contributed by atoms with E-state index in [-0.39, 0.29) is 18.5 Å². The van der Waals surface area contributed by atoms with Gasteiger partial charge in [-0.25, -0.2) is 4.39 Å². The van der Waals surface area contributed by atoms with E-state index in [1.165, 1.54) is 39.5 Å². The fraction of sp³-hybridized carbons (Fsp3) is 0.318. The molecule has 2 N–H and O–H groups in total. The summed E-state index contributed by atoms with van der Waals surface area (Å²) in [5.41, 5.74) is 1.35. The van der Waals surface area contributed by atoms with Crippen molar-refractivity contribution in [3.8, 4) is 11.5 Å². The Labute approximate surface area is 178 Å². The monoisotopic (exact) mass is 430 g/mol. The lowest BCUT2D eigenvalue weighted by molar-refractivity contribution is -0.141. The lowest BCUT2D eigenvalue weighted by Gasteiger charge is -2.27. The highest BCUT2D eigenvalue weighted by molar-refractivity contribution is 6.01. The number of rotatable bonds is 7. The maximum Gasteiger partial charge on any atom is 0.307 e. The van der Waals surface area contributed by atoms with Crippen molar-refractivity contribution in [3.05, 3.63) is 53.3 Å². The molecule has 0 spiro atoms. The molecule has 31 heavy (non-hydrogen) atoms. The molecule has 2 amide bonds. The SMILES string of the molecule is COC(=O)C[C@H](NC(=O)[C@@H]1CC(=O)Nc2cc(F)ccc21)c1ccc(OC)c(OC)c1. The van der Waals surface area contributed by atoms with Crippen LogP contribution in [-0.4, -0.2) is 39.1 Å². The molecule has 0 saturated heterocycles. The number of carbonyl (C=O) groups excluding carboxylic acids is 3. The summed E-state index contributed by atoms with van der Waals surface area (Å²) < 4.78 is 28.9. The van der Waals surface area contributed by atoms with Crippen molar-refractivity contribution in [2.45, 2.75) is 24.8 Å². The van der Waals surface area contributed by atoms with E-state index >= 15 is 0 Å². The van der Waals surface area contributed by atoms with Gasteiger partial charge >= 0.3 is 5.97 Å². The highest BCUT2D eigenvalue weighted by Crippen LogP contribution is 2.35. The van der Waals surface area contributed by atoms with Crippen LogP contribution in [0.2, 0.25) is 0 Å². The minimum Gasteiger partial charge on any atom is -0.493 e. The summed E-state index contributed by atoms with van der Waals surface area (Å²) in [5.74, 6) is -1.81. The van der Waals surface area contributed by atoms with E-state index in [4.69, 9.17) is 14.2 Å². The number of halogens is 1. The number of amides is 2. The minimum atomic E-state index is -0.829. The number of fused-ring (bicyclic) bond motifs is 1. The zero-order valence-electron chi connectivity index (χ0n) is 17.4. The van der Waals surface area contributed by atoms with Gasteiger partial charge in [-0.1, -0.05) is 12.1 Å². The average molecular weight is 430 g/mol. The van der Waals surface area contributed by atoms with Crippen LogP contribution in [-0.2, 0) is 19.1 Å². The van der Waals surface area contributed by atoms with E-state index in [1.54, 1.807) is 18.2 Å². The standard InChI is InChI=1S/C22H23FN2O6/c1-29-18-7-4-12(8-19(18)30-2)16(11-21(27)31-3)25-22(28)15-10-20(26)24-17-9-13(23)5-6-14(15)17/h4-9,15-16H,10-11H2,1-3H3,(H,24,26)(H,25,28)/t15-,16+/m1/s1. The molecule has 164 valence electrons. The molecule has 8 nitrogen and oxygen atoms in total. The molecule has 1 aliphatic heterocycles. The van der Waals surface area contributed by atoms with Gasteiger partial charge in [0.1, 0.15) is 5.82 Å². The molecular weight excluding hydrogens is 407 g/mol. The van der Waals surface area contributed by atoms with Gasteiger partial charge in [0, 0.05) is 12.1 Å². The molecule has 0 aliphatic carbocycles. The van der Waals surface area contributed by atoms with Gasteiger partial charge in [0.25, 0.3) is 0 Å². The Morgan fingerprint density at radius 1 is 1.13 bits per heavy atom. The number of esters is 1. The number of carbonyl (C=O) groups is 3. The summed E-state index contributed by atoms with van der Waals surface area (Å²) in [5, 5.41) is 5.40. The molecule has 1 aliphatic rings. The number of ether oxygens (including phenoxy) is 3. The third-order valence-electron chi connectivity index (χ3n) is 5.10. The topological polar surface area (TPSA) is 103 Å². The molecule has 0 unspecified atom stereocenters. The summed E-state index contributed by atoms with van der Waals surface area (Å²) >= 11 is 0. The number of benzene rings is 2. The molecule has 0 radical (unpaired) electrons. The van der Waals surface area contributed by atoms with Crippen LogP contribution in [0, 0.1) is 5.82 Å². The molecular formula is C22H23FN2O6. The molecule has 3 rings (SSSR count).